The third-order valence-corrected chi connectivity index (χ3v) is 5.63. The van der Waals surface area contributed by atoms with Gasteiger partial charge in [0, 0.05) is 0 Å². The Morgan fingerprint density at radius 1 is 1.12 bits per heavy atom. The maximum absolute atomic E-state index is 12.6. The monoisotopic (exact) mass is 325 g/mol. The first-order valence-corrected chi connectivity index (χ1v) is 8.28. The third kappa shape index (κ3) is 2.11. The highest BCUT2D eigenvalue weighted by Gasteiger charge is 2.59. The van der Waals surface area contributed by atoms with Gasteiger partial charge in [-0.15, -0.1) is 0 Å². The summed E-state index contributed by atoms with van der Waals surface area (Å²) in [5, 5.41) is 0. The van der Waals surface area contributed by atoms with Crippen LogP contribution in [0.1, 0.15) is 17.5 Å². The molecule has 0 unspecified atom stereocenters. The molecule has 24 heavy (non-hydrogen) atoms. The molecule has 0 aromatic heterocycles. The summed E-state index contributed by atoms with van der Waals surface area (Å²) in [5.41, 5.74) is 1.90. The Labute approximate surface area is 140 Å². The van der Waals surface area contributed by atoms with Crippen molar-refractivity contribution < 1.29 is 19.1 Å². The number of carbonyl (C=O) groups is 3. The van der Waals surface area contributed by atoms with Gasteiger partial charge in [-0.25, -0.2) is 4.79 Å². The Kier molecular flexibility index (Phi) is 3.34. The van der Waals surface area contributed by atoms with Gasteiger partial charge in [0.05, 0.1) is 11.8 Å². The summed E-state index contributed by atoms with van der Waals surface area (Å²) in [7, 11) is 0. The second-order valence-electron chi connectivity index (χ2n) is 6.93. The maximum atomic E-state index is 12.6. The Balaban J connectivity index is 1.48. The van der Waals surface area contributed by atoms with Crippen molar-refractivity contribution in [3.63, 3.8) is 0 Å². The summed E-state index contributed by atoms with van der Waals surface area (Å²) in [6, 6.07) is 5.46. The van der Waals surface area contributed by atoms with Gasteiger partial charge in [0.25, 0.3) is 0 Å². The molecule has 1 aromatic rings. The molecule has 1 aromatic carbocycles. The highest BCUT2D eigenvalue weighted by molar-refractivity contribution is 6.08. The van der Waals surface area contributed by atoms with Gasteiger partial charge in [0.2, 0.25) is 11.8 Å². The van der Waals surface area contributed by atoms with Crippen LogP contribution in [0.2, 0.25) is 0 Å². The van der Waals surface area contributed by atoms with Gasteiger partial charge in [0.15, 0.2) is 0 Å². The average Bonchev–Trinajstić information content (AvgIpc) is 3.22. The van der Waals surface area contributed by atoms with Crippen molar-refractivity contribution >= 4 is 17.8 Å². The lowest BCUT2D eigenvalue weighted by molar-refractivity contribution is -0.148. The Morgan fingerprint density at radius 2 is 1.75 bits per heavy atom. The number of benzene rings is 1. The van der Waals surface area contributed by atoms with E-state index >= 15 is 0 Å². The highest BCUT2D eigenvalue weighted by atomic mass is 16.5. The fraction of sp³-hybridized carbons (Fsp3) is 0.421. The van der Waals surface area contributed by atoms with Crippen LogP contribution in [0.5, 0.6) is 5.75 Å². The van der Waals surface area contributed by atoms with Crippen LogP contribution in [0.3, 0.4) is 0 Å². The number of imide groups is 1. The average molecular weight is 325 g/mol. The first-order valence-electron chi connectivity index (χ1n) is 8.28. The number of amides is 2. The topological polar surface area (TPSA) is 63.7 Å². The molecule has 0 spiro atoms. The number of likely N-dealkylation sites (tertiary alicyclic amines) is 1. The first-order chi connectivity index (χ1) is 11.5. The lowest BCUT2D eigenvalue weighted by atomic mass is 9.85. The van der Waals surface area contributed by atoms with E-state index in [2.05, 4.69) is 0 Å². The van der Waals surface area contributed by atoms with E-state index in [0.29, 0.717) is 5.75 Å². The molecule has 4 rings (SSSR count). The fourth-order valence-corrected chi connectivity index (χ4v) is 4.24. The molecule has 1 saturated heterocycles. The van der Waals surface area contributed by atoms with E-state index in [-0.39, 0.29) is 42.0 Å². The standard InChI is InChI=1S/C19H19NO4/c1-10-4-3-5-14(11(10)2)24-15(21)9-20-18(22)16-12-6-7-13(8-12)17(16)19(20)23/h3-7,12-13,16-17H,8-9H2,1-2H3/t12-,13-,16-,17-/m0/s1. The molecule has 124 valence electrons. The second kappa shape index (κ2) is 5.30. The van der Waals surface area contributed by atoms with Crippen LogP contribution in [0.4, 0.5) is 0 Å². The van der Waals surface area contributed by atoms with E-state index < -0.39 is 5.97 Å². The second-order valence-corrected chi connectivity index (χ2v) is 6.93. The molecule has 2 bridgehead atoms. The normalized spacial score (nSPS) is 30.2. The SMILES string of the molecule is Cc1cccc(OC(=O)CN2C(=O)[C@@H]3[C@@H](C2=O)[C@H]2C=C[C@H]3C2)c1C. The molecule has 5 nitrogen and oxygen atoms in total. The Hall–Kier alpha value is -2.43. The van der Waals surface area contributed by atoms with E-state index in [0.717, 1.165) is 22.4 Å². The number of carbonyl (C=O) groups excluding carboxylic acids is 3. The van der Waals surface area contributed by atoms with Crippen LogP contribution in [-0.2, 0) is 14.4 Å². The number of rotatable bonds is 3. The summed E-state index contributed by atoms with van der Waals surface area (Å²) in [6.45, 7) is 3.50. The summed E-state index contributed by atoms with van der Waals surface area (Å²) in [5.74, 6) is -0.804. The third-order valence-electron chi connectivity index (χ3n) is 5.63. The molecule has 2 aliphatic carbocycles. The summed E-state index contributed by atoms with van der Waals surface area (Å²) in [6.07, 6.45) is 4.96. The minimum atomic E-state index is -0.578. The molecule has 2 fully saturated rings. The smallest absolute Gasteiger partial charge is 0.331 e. The lowest BCUT2D eigenvalue weighted by Gasteiger charge is -2.17. The number of allylic oxidation sites excluding steroid dienone is 2. The van der Waals surface area contributed by atoms with E-state index in [1.54, 1.807) is 6.07 Å². The van der Waals surface area contributed by atoms with Crippen molar-refractivity contribution in [1.82, 2.24) is 4.90 Å². The molecule has 3 aliphatic rings. The van der Waals surface area contributed by atoms with Crippen LogP contribution < -0.4 is 4.74 Å². The predicted molar refractivity (Wildman–Crippen MR) is 86.0 cm³/mol. The van der Waals surface area contributed by atoms with Crippen LogP contribution in [-0.4, -0.2) is 29.2 Å². The van der Waals surface area contributed by atoms with Gasteiger partial charge in [-0.3, -0.25) is 14.5 Å². The molecule has 1 saturated carbocycles. The molecular formula is C19H19NO4. The molecule has 0 N–H and O–H groups in total. The van der Waals surface area contributed by atoms with Gasteiger partial charge < -0.3 is 4.74 Å². The van der Waals surface area contributed by atoms with Crippen molar-refractivity contribution in [3.8, 4) is 5.75 Å². The molecule has 1 heterocycles. The van der Waals surface area contributed by atoms with E-state index in [9.17, 15) is 14.4 Å². The number of esters is 1. The first kappa shape index (κ1) is 15.1. The lowest BCUT2D eigenvalue weighted by Crippen LogP contribution is -2.38. The highest BCUT2D eigenvalue weighted by Crippen LogP contribution is 2.52. The number of hydrogen-bond acceptors (Lipinski definition) is 4. The zero-order valence-corrected chi connectivity index (χ0v) is 13.7. The minimum Gasteiger partial charge on any atom is -0.425 e. The molecule has 0 radical (unpaired) electrons. The molecule has 4 atom stereocenters. The fourth-order valence-electron chi connectivity index (χ4n) is 4.24. The number of aryl methyl sites for hydroxylation is 1. The van der Waals surface area contributed by atoms with Crippen LogP contribution in [0.15, 0.2) is 30.4 Å². The number of nitrogens with zero attached hydrogens (tertiary/aromatic N) is 1. The van der Waals surface area contributed by atoms with Crippen LogP contribution >= 0.6 is 0 Å². The van der Waals surface area contributed by atoms with Gasteiger partial charge >= 0.3 is 5.97 Å². The summed E-state index contributed by atoms with van der Waals surface area (Å²) in [4.78, 5) is 38.4. The summed E-state index contributed by atoms with van der Waals surface area (Å²) < 4.78 is 5.38. The van der Waals surface area contributed by atoms with E-state index in [1.165, 1.54) is 0 Å². The maximum Gasteiger partial charge on any atom is 0.331 e. The quantitative estimate of drug-likeness (QED) is 0.369. The molecule has 5 heteroatoms. The van der Waals surface area contributed by atoms with Crippen LogP contribution in [0.25, 0.3) is 0 Å². The number of ether oxygens (including phenoxy) is 1. The zero-order valence-electron chi connectivity index (χ0n) is 13.7. The van der Waals surface area contributed by atoms with Crippen molar-refractivity contribution in [2.24, 2.45) is 23.7 Å². The van der Waals surface area contributed by atoms with Crippen molar-refractivity contribution in [1.29, 1.82) is 0 Å². The van der Waals surface area contributed by atoms with Crippen molar-refractivity contribution in [2.75, 3.05) is 6.54 Å². The summed E-state index contributed by atoms with van der Waals surface area (Å²) >= 11 is 0. The Morgan fingerprint density at radius 3 is 2.38 bits per heavy atom. The van der Waals surface area contributed by atoms with E-state index in [1.807, 2.05) is 38.1 Å². The molecule has 1 aliphatic heterocycles. The minimum absolute atomic E-state index is 0.150. The molecular weight excluding hydrogens is 306 g/mol. The van der Waals surface area contributed by atoms with Gasteiger partial charge in [0.1, 0.15) is 12.3 Å². The van der Waals surface area contributed by atoms with E-state index in [4.69, 9.17) is 4.74 Å². The number of hydrogen-bond donors (Lipinski definition) is 0. The van der Waals surface area contributed by atoms with Gasteiger partial charge in [-0.05, 0) is 49.3 Å². The Bertz CT molecular complexity index is 752. The zero-order chi connectivity index (χ0) is 17.0. The number of fused-ring (bicyclic) bond motifs is 5. The van der Waals surface area contributed by atoms with Crippen molar-refractivity contribution in [3.05, 3.63) is 41.5 Å². The van der Waals surface area contributed by atoms with Gasteiger partial charge in [-0.1, -0.05) is 24.3 Å². The largest absolute Gasteiger partial charge is 0.425 e. The van der Waals surface area contributed by atoms with Gasteiger partial charge in [-0.2, -0.15) is 0 Å². The molecule has 2 amide bonds. The predicted octanol–water partition coefficient (Wildman–Crippen LogP) is 2.02. The van der Waals surface area contributed by atoms with Crippen LogP contribution in [0, 0.1) is 37.5 Å². The van der Waals surface area contributed by atoms with Crippen molar-refractivity contribution in [2.45, 2.75) is 20.3 Å².